The molecule has 2 N–H and O–H groups in total. The first kappa shape index (κ1) is 15.4. The van der Waals surface area contributed by atoms with Crippen LogP contribution in [0, 0.1) is 0 Å². The van der Waals surface area contributed by atoms with Crippen LogP contribution in [-0.2, 0) is 18.5 Å². The SMILES string of the molecule is CC(C)c1cccc2c(C(C)(C)N)c3c(nc12)CCN(C)C3. The average Bonchev–Trinajstić information content (AvgIpc) is 2.42. The molecule has 1 aromatic heterocycles. The summed E-state index contributed by atoms with van der Waals surface area (Å²) in [5.74, 6) is 0.467. The van der Waals surface area contributed by atoms with Crippen molar-refractivity contribution in [2.24, 2.45) is 5.73 Å². The van der Waals surface area contributed by atoms with Crippen LogP contribution < -0.4 is 5.73 Å². The molecule has 0 radical (unpaired) electrons. The van der Waals surface area contributed by atoms with Gasteiger partial charge in [0.15, 0.2) is 0 Å². The second-order valence-corrected chi connectivity index (χ2v) is 7.52. The normalized spacial score (nSPS) is 16.3. The summed E-state index contributed by atoms with van der Waals surface area (Å²) in [5, 5.41) is 1.23. The topological polar surface area (TPSA) is 42.1 Å². The fourth-order valence-corrected chi connectivity index (χ4v) is 3.62. The lowest BCUT2D eigenvalue weighted by Gasteiger charge is -2.32. The Hall–Kier alpha value is -1.45. The van der Waals surface area contributed by atoms with Crippen LogP contribution in [0.2, 0.25) is 0 Å². The second-order valence-electron chi connectivity index (χ2n) is 7.52. The third-order valence-corrected chi connectivity index (χ3v) is 4.66. The van der Waals surface area contributed by atoms with E-state index < -0.39 is 0 Å². The van der Waals surface area contributed by atoms with Gasteiger partial charge in [-0.05, 0) is 43.5 Å². The van der Waals surface area contributed by atoms with Gasteiger partial charge < -0.3 is 10.6 Å². The Morgan fingerprint density at radius 1 is 1.27 bits per heavy atom. The van der Waals surface area contributed by atoms with Crippen molar-refractivity contribution in [1.29, 1.82) is 0 Å². The molecule has 22 heavy (non-hydrogen) atoms. The number of nitrogens with two attached hydrogens (primary N) is 1. The molecule has 0 fully saturated rings. The van der Waals surface area contributed by atoms with Gasteiger partial charge in [-0.2, -0.15) is 0 Å². The van der Waals surface area contributed by atoms with Crippen molar-refractivity contribution in [2.75, 3.05) is 13.6 Å². The first-order valence-corrected chi connectivity index (χ1v) is 8.21. The van der Waals surface area contributed by atoms with Crippen molar-refractivity contribution < 1.29 is 0 Å². The molecule has 0 saturated heterocycles. The van der Waals surface area contributed by atoms with E-state index in [9.17, 15) is 0 Å². The lowest BCUT2D eigenvalue weighted by molar-refractivity contribution is 0.306. The van der Waals surface area contributed by atoms with Crippen LogP contribution in [0.3, 0.4) is 0 Å². The maximum atomic E-state index is 6.57. The minimum absolute atomic E-state index is 0.362. The van der Waals surface area contributed by atoms with E-state index in [-0.39, 0.29) is 5.54 Å². The van der Waals surface area contributed by atoms with Crippen molar-refractivity contribution in [3.8, 4) is 0 Å². The largest absolute Gasteiger partial charge is 0.322 e. The summed E-state index contributed by atoms with van der Waals surface area (Å²) in [7, 11) is 2.17. The molecule has 0 saturated carbocycles. The molecule has 0 spiro atoms. The van der Waals surface area contributed by atoms with Crippen LogP contribution in [-0.4, -0.2) is 23.5 Å². The first-order chi connectivity index (χ1) is 10.3. The van der Waals surface area contributed by atoms with E-state index in [4.69, 9.17) is 10.7 Å². The molecule has 118 valence electrons. The van der Waals surface area contributed by atoms with E-state index in [1.165, 1.54) is 27.8 Å². The monoisotopic (exact) mass is 297 g/mol. The summed E-state index contributed by atoms with van der Waals surface area (Å²) in [6.45, 7) is 10.7. The number of benzene rings is 1. The van der Waals surface area contributed by atoms with Gasteiger partial charge in [0, 0.05) is 36.1 Å². The van der Waals surface area contributed by atoms with Crippen molar-refractivity contribution in [3.63, 3.8) is 0 Å². The smallest absolute Gasteiger partial charge is 0.0743 e. The minimum atomic E-state index is -0.362. The molecule has 1 aliphatic rings. The molecule has 0 unspecified atom stereocenters. The van der Waals surface area contributed by atoms with Gasteiger partial charge in [0.05, 0.1) is 5.52 Å². The number of pyridine rings is 1. The van der Waals surface area contributed by atoms with E-state index in [0.29, 0.717) is 5.92 Å². The lowest BCUT2D eigenvalue weighted by atomic mass is 9.83. The molecular weight excluding hydrogens is 270 g/mol. The molecule has 0 amide bonds. The third kappa shape index (κ3) is 2.53. The molecule has 3 heteroatoms. The summed E-state index contributed by atoms with van der Waals surface area (Å²) >= 11 is 0. The van der Waals surface area contributed by atoms with Crippen molar-refractivity contribution in [2.45, 2.75) is 52.1 Å². The summed E-state index contributed by atoms with van der Waals surface area (Å²) in [6.07, 6.45) is 1.01. The Bertz CT molecular complexity index is 711. The van der Waals surface area contributed by atoms with Crippen LogP contribution in [0.4, 0.5) is 0 Å². The van der Waals surface area contributed by atoms with Crippen LogP contribution in [0.5, 0.6) is 0 Å². The molecular formula is C19H27N3. The van der Waals surface area contributed by atoms with Gasteiger partial charge in [0.1, 0.15) is 0 Å². The van der Waals surface area contributed by atoms with Crippen LogP contribution in [0.15, 0.2) is 18.2 Å². The van der Waals surface area contributed by atoms with E-state index in [0.717, 1.165) is 25.0 Å². The predicted molar refractivity (Wildman–Crippen MR) is 93.1 cm³/mol. The van der Waals surface area contributed by atoms with Gasteiger partial charge in [-0.25, -0.2) is 0 Å². The molecule has 3 nitrogen and oxygen atoms in total. The van der Waals surface area contributed by atoms with Gasteiger partial charge >= 0.3 is 0 Å². The van der Waals surface area contributed by atoms with E-state index in [2.05, 4.69) is 57.8 Å². The zero-order valence-electron chi connectivity index (χ0n) is 14.4. The van der Waals surface area contributed by atoms with Crippen molar-refractivity contribution in [3.05, 3.63) is 40.6 Å². The zero-order valence-corrected chi connectivity index (χ0v) is 14.4. The number of hydrogen-bond acceptors (Lipinski definition) is 3. The van der Waals surface area contributed by atoms with E-state index >= 15 is 0 Å². The molecule has 2 aromatic rings. The summed E-state index contributed by atoms with van der Waals surface area (Å²) in [5.41, 5.74) is 12.5. The van der Waals surface area contributed by atoms with E-state index in [1.807, 2.05) is 0 Å². The molecule has 3 rings (SSSR count). The first-order valence-electron chi connectivity index (χ1n) is 8.21. The van der Waals surface area contributed by atoms with Gasteiger partial charge in [0.25, 0.3) is 0 Å². The van der Waals surface area contributed by atoms with Gasteiger partial charge in [-0.1, -0.05) is 32.0 Å². The Morgan fingerprint density at radius 2 is 2.00 bits per heavy atom. The molecule has 0 atom stereocenters. The number of hydrogen-bond donors (Lipinski definition) is 1. The Kier molecular flexibility index (Phi) is 3.74. The van der Waals surface area contributed by atoms with Crippen LogP contribution in [0.25, 0.3) is 10.9 Å². The number of likely N-dealkylation sites (N-methyl/N-ethyl adjacent to an activating group) is 1. The highest BCUT2D eigenvalue weighted by Gasteiger charge is 2.28. The fraction of sp³-hybridized carbons (Fsp3) is 0.526. The number of rotatable bonds is 2. The minimum Gasteiger partial charge on any atom is -0.322 e. The molecule has 0 bridgehead atoms. The molecule has 2 heterocycles. The van der Waals surface area contributed by atoms with Gasteiger partial charge in [-0.3, -0.25) is 4.98 Å². The summed E-state index contributed by atoms with van der Waals surface area (Å²) in [6, 6.07) is 6.54. The number of aromatic nitrogens is 1. The Morgan fingerprint density at radius 3 is 2.64 bits per heavy atom. The van der Waals surface area contributed by atoms with Crippen molar-refractivity contribution >= 4 is 10.9 Å². The molecule has 0 aliphatic carbocycles. The highest BCUT2D eigenvalue weighted by molar-refractivity contribution is 5.88. The number of fused-ring (bicyclic) bond motifs is 2. The average molecular weight is 297 g/mol. The predicted octanol–water partition coefficient (Wildman–Crippen LogP) is 3.54. The van der Waals surface area contributed by atoms with Crippen LogP contribution >= 0.6 is 0 Å². The standard InChI is InChI=1S/C19H27N3/c1-12(2)13-7-6-8-14-17(19(3,4)20)15-11-22(5)10-9-16(15)21-18(13)14/h6-8,12H,9-11,20H2,1-5H3. The van der Waals surface area contributed by atoms with Crippen LogP contribution in [0.1, 0.15) is 56.0 Å². The third-order valence-electron chi connectivity index (χ3n) is 4.66. The van der Waals surface area contributed by atoms with Crippen molar-refractivity contribution in [1.82, 2.24) is 9.88 Å². The van der Waals surface area contributed by atoms with E-state index in [1.54, 1.807) is 0 Å². The Labute approximate surface area is 133 Å². The number of nitrogens with zero attached hydrogens (tertiary/aromatic N) is 2. The maximum absolute atomic E-state index is 6.57. The van der Waals surface area contributed by atoms with Gasteiger partial charge in [-0.15, -0.1) is 0 Å². The highest BCUT2D eigenvalue weighted by atomic mass is 15.1. The fourth-order valence-electron chi connectivity index (χ4n) is 3.62. The van der Waals surface area contributed by atoms with Gasteiger partial charge in [0.2, 0.25) is 0 Å². The second kappa shape index (κ2) is 5.32. The highest BCUT2D eigenvalue weighted by Crippen LogP contribution is 2.36. The quantitative estimate of drug-likeness (QED) is 0.922. The number of para-hydroxylation sites is 1. The Balaban J connectivity index is 2.40. The lowest BCUT2D eigenvalue weighted by Crippen LogP contribution is -2.35. The molecule has 1 aliphatic heterocycles. The maximum Gasteiger partial charge on any atom is 0.0743 e. The summed E-state index contributed by atoms with van der Waals surface area (Å²) in [4.78, 5) is 7.42. The zero-order chi connectivity index (χ0) is 16.1. The molecule has 1 aromatic carbocycles. The summed E-state index contributed by atoms with van der Waals surface area (Å²) < 4.78 is 0.